The van der Waals surface area contributed by atoms with Crippen LogP contribution in [0.1, 0.15) is 49.9 Å². The van der Waals surface area contributed by atoms with Gasteiger partial charge in [0.15, 0.2) is 0 Å². The maximum absolute atomic E-state index is 4.27. The van der Waals surface area contributed by atoms with Crippen LogP contribution in [0.2, 0.25) is 0 Å². The molecule has 0 aliphatic heterocycles. The van der Waals surface area contributed by atoms with E-state index in [1.807, 2.05) is 6.20 Å². The van der Waals surface area contributed by atoms with Crippen molar-refractivity contribution in [2.75, 3.05) is 7.05 Å². The summed E-state index contributed by atoms with van der Waals surface area (Å²) in [5.41, 5.74) is 2.83. The van der Waals surface area contributed by atoms with Crippen molar-refractivity contribution in [3.05, 3.63) is 47.8 Å². The quantitative estimate of drug-likeness (QED) is 0.886. The molecule has 1 N–H and O–H groups in total. The summed E-state index contributed by atoms with van der Waals surface area (Å²) in [6, 6.07) is 11.2. The Labute approximate surface area is 126 Å². The number of nitrogens with zero attached hydrogens (tertiary/aromatic N) is 3. The molecule has 3 rings (SSSR count). The third kappa shape index (κ3) is 2.38. The van der Waals surface area contributed by atoms with E-state index in [0.717, 1.165) is 13.0 Å². The first-order valence-electron chi connectivity index (χ1n) is 7.93. The van der Waals surface area contributed by atoms with Gasteiger partial charge in [-0.15, -0.1) is 5.10 Å². The van der Waals surface area contributed by atoms with Crippen molar-refractivity contribution < 1.29 is 0 Å². The van der Waals surface area contributed by atoms with Gasteiger partial charge in [0.1, 0.15) is 0 Å². The van der Waals surface area contributed by atoms with Crippen molar-refractivity contribution in [1.29, 1.82) is 0 Å². The molecule has 21 heavy (non-hydrogen) atoms. The summed E-state index contributed by atoms with van der Waals surface area (Å²) >= 11 is 0. The minimum Gasteiger partial charge on any atom is -0.311 e. The molecule has 0 bridgehead atoms. The van der Waals surface area contributed by atoms with Crippen molar-refractivity contribution in [3.63, 3.8) is 0 Å². The zero-order valence-electron chi connectivity index (χ0n) is 12.9. The number of aryl methyl sites for hydroxylation is 1. The number of hydrogen-bond donors (Lipinski definition) is 1. The van der Waals surface area contributed by atoms with Gasteiger partial charge in [-0.3, -0.25) is 0 Å². The SMILES string of the molecule is CCCn1nncc1C(NC)C1(c2ccccc2)CCC1. The highest BCUT2D eigenvalue weighted by molar-refractivity contribution is 5.33. The molecule has 1 unspecified atom stereocenters. The summed E-state index contributed by atoms with van der Waals surface area (Å²) in [7, 11) is 2.05. The Bertz CT molecular complexity index is 571. The van der Waals surface area contributed by atoms with Gasteiger partial charge in [0, 0.05) is 12.0 Å². The average molecular weight is 284 g/mol. The number of nitrogens with one attached hydrogen (secondary N) is 1. The van der Waals surface area contributed by atoms with Gasteiger partial charge in [-0.25, -0.2) is 4.68 Å². The molecule has 1 aliphatic carbocycles. The highest BCUT2D eigenvalue weighted by atomic mass is 15.4. The maximum atomic E-state index is 4.27. The van der Waals surface area contributed by atoms with E-state index in [4.69, 9.17) is 0 Å². The summed E-state index contributed by atoms with van der Waals surface area (Å²) < 4.78 is 2.06. The highest BCUT2D eigenvalue weighted by Gasteiger charge is 2.46. The molecule has 4 heteroatoms. The first-order chi connectivity index (χ1) is 10.3. The molecule has 1 aliphatic rings. The standard InChI is InChI=1S/C17H24N4/c1-3-12-21-15(13-19-20-21)16(18-2)17(10-7-11-17)14-8-5-4-6-9-14/h4-6,8-9,13,16,18H,3,7,10-12H2,1-2H3. The van der Waals surface area contributed by atoms with Gasteiger partial charge in [0.25, 0.3) is 0 Å². The highest BCUT2D eigenvalue weighted by Crippen LogP contribution is 2.51. The zero-order chi connectivity index (χ0) is 14.7. The Balaban J connectivity index is 2.00. The molecule has 0 amide bonds. The van der Waals surface area contributed by atoms with Crippen LogP contribution < -0.4 is 5.32 Å². The maximum Gasteiger partial charge on any atom is 0.0765 e. The smallest absolute Gasteiger partial charge is 0.0765 e. The van der Waals surface area contributed by atoms with Gasteiger partial charge < -0.3 is 5.32 Å². The number of rotatable bonds is 6. The van der Waals surface area contributed by atoms with Gasteiger partial charge in [0.05, 0.1) is 17.9 Å². The fourth-order valence-electron chi connectivity index (χ4n) is 3.65. The first kappa shape index (κ1) is 14.3. The van der Waals surface area contributed by atoms with Crippen LogP contribution in [0.4, 0.5) is 0 Å². The molecule has 1 atom stereocenters. The van der Waals surface area contributed by atoms with E-state index >= 15 is 0 Å². The van der Waals surface area contributed by atoms with Gasteiger partial charge in [-0.2, -0.15) is 0 Å². The Morgan fingerprint density at radius 1 is 1.29 bits per heavy atom. The lowest BCUT2D eigenvalue weighted by Crippen LogP contribution is -2.46. The Hall–Kier alpha value is -1.68. The van der Waals surface area contributed by atoms with Crippen LogP contribution in [0.3, 0.4) is 0 Å². The summed E-state index contributed by atoms with van der Waals surface area (Å²) in [5, 5.41) is 12.0. The molecular weight excluding hydrogens is 260 g/mol. The second-order valence-corrected chi connectivity index (χ2v) is 5.98. The number of benzene rings is 1. The third-order valence-corrected chi connectivity index (χ3v) is 4.81. The van der Waals surface area contributed by atoms with Crippen LogP contribution in [0.15, 0.2) is 36.5 Å². The molecule has 0 saturated heterocycles. The summed E-state index contributed by atoms with van der Waals surface area (Å²) in [6.07, 6.45) is 6.74. The lowest BCUT2D eigenvalue weighted by molar-refractivity contribution is 0.168. The van der Waals surface area contributed by atoms with Gasteiger partial charge in [0.2, 0.25) is 0 Å². The first-order valence-corrected chi connectivity index (χ1v) is 7.93. The van der Waals surface area contributed by atoms with E-state index in [-0.39, 0.29) is 11.5 Å². The fraction of sp³-hybridized carbons (Fsp3) is 0.529. The van der Waals surface area contributed by atoms with Crippen molar-refractivity contribution in [1.82, 2.24) is 20.3 Å². The van der Waals surface area contributed by atoms with Crippen LogP contribution in [0.25, 0.3) is 0 Å². The predicted molar refractivity (Wildman–Crippen MR) is 84.1 cm³/mol. The number of hydrogen-bond acceptors (Lipinski definition) is 3. The molecule has 0 radical (unpaired) electrons. The number of aromatic nitrogens is 3. The van der Waals surface area contributed by atoms with Crippen LogP contribution in [0, 0.1) is 0 Å². The summed E-state index contributed by atoms with van der Waals surface area (Å²) in [4.78, 5) is 0. The largest absolute Gasteiger partial charge is 0.311 e. The van der Waals surface area contributed by atoms with Crippen molar-refractivity contribution in [2.45, 2.75) is 50.6 Å². The van der Waals surface area contributed by atoms with Gasteiger partial charge in [-0.1, -0.05) is 48.9 Å². The molecule has 0 spiro atoms. The van der Waals surface area contributed by atoms with E-state index in [0.29, 0.717) is 0 Å². The second kappa shape index (κ2) is 5.98. The molecule has 112 valence electrons. The van der Waals surface area contributed by atoms with Crippen LogP contribution >= 0.6 is 0 Å². The monoisotopic (exact) mass is 284 g/mol. The van der Waals surface area contributed by atoms with Crippen molar-refractivity contribution in [2.24, 2.45) is 0 Å². The average Bonchev–Trinajstić information content (AvgIpc) is 2.92. The molecule has 1 saturated carbocycles. The lowest BCUT2D eigenvalue weighted by atomic mass is 9.59. The van der Waals surface area contributed by atoms with E-state index in [9.17, 15) is 0 Å². The van der Waals surface area contributed by atoms with Crippen LogP contribution in [0.5, 0.6) is 0 Å². The van der Waals surface area contributed by atoms with E-state index in [2.05, 4.69) is 64.6 Å². The van der Waals surface area contributed by atoms with Gasteiger partial charge in [-0.05, 0) is 31.9 Å². The topological polar surface area (TPSA) is 42.7 Å². The molecule has 4 nitrogen and oxygen atoms in total. The zero-order valence-corrected chi connectivity index (χ0v) is 12.9. The summed E-state index contributed by atoms with van der Waals surface area (Å²) in [6.45, 7) is 3.11. The Kier molecular flexibility index (Phi) is 4.06. The lowest BCUT2D eigenvalue weighted by Gasteiger charge is -2.48. The van der Waals surface area contributed by atoms with Crippen LogP contribution in [-0.4, -0.2) is 22.0 Å². The molecule has 1 heterocycles. The molecule has 1 aromatic carbocycles. The van der Waals surface area contributed by atoms with Crippen LogP contribution in [-0.2, 0) is 12.0 Å². The van der Waals surface area contributed by atoms with Crippen molar-refractivity contribution in [3.8, 4) is 0 Å². The summed E-state index contributed by atoms with van der Waals surface area (Å²) in [5.74, 6) is 0. The minimum absolute atomic E-state index is 0.184. The molecule has 1 fully saturated rings. The van der Waals surface area contributed by atoms with Gasteiger partial charge >= 0.3 is 0 Å². The minimum atomic E-state index is 0.184. The molecule has 2 aromatic rings. The Morgan fingerprint density at radius 2 is 2.05 bits per heavy atom. The number of likely N-dealkylation sites (N-methyl/N-ethyl adjacent to an activating group) is 1. The van der Waals surface area contributed by atoms with E-state index in [1.54, 1.807) is 0 Å². The molecular formula is C17H24N4. The predicted octanol–water partition coefficient (Wildman–Crippen LogP) is 3.07. The van der Waals surface area contributed by atoms with E-state index < -0.39 is 0 Å². The van der Waals surface area contributed by atoms with Crippen molar-refractivity contribution >= 4 is 0 Å². The fourth-order valence-corrected chi connectivity index (χ4v) is 3.65. The second-order valence-electron chi connectivity index (χ2n) is 5.98. The van der Waals surface area contributed by atoms with E-state index in [1.165, 1.54) is 30.5 Å². The Morgan fingerprint density at radius 3 is 2.62 bits per heavy atom. The molecule has 1 aromatic heterocycles. The normalized spacial score (nSPS) is 18.2. The third-order valence-electron chi connectivity index (χ3n) is 4.81.